The molecule has 0 radical (unpaired) electrons. The molecule has 4 aliphatic rings. The first-order valence-electron chi connectivity index (χ1n) is 10.7. The van der Waals surface area contributed by atoms with Gasteiger partial charge in [0.2, 0.25) is 0 Å². The van der Waals surface area contributed by atoms with Crippen LogP contribution in [0.2, 0.25) is 0 Å². The molecule has 0 aromatic carbocycles. The summed E-state index contributed by atoms with van der Waals surface area (Å²) >= 11 is 3.44. The number of alkyl halides is 1. The first kappa shape index (κ1) is 21.3. The van der Waals surface area contributed by atoms with Crippen LogP contribution in [0.4, 0.5) is 10.2 Å². The van der Waals surface area contributed by atoms with E-state index in [1.54, 1.807) is 16.8 Å². The molecular formula is C21H27BrFN5O3. The SMILES string of the molecule is Nc1ncnc2c1c(Br)cn2[C@@H]1O[C@H](/C=C/CCCNCC23CC(F)(C2)C3)[C@@H](O)[C@H]1O. The Labute approximate surface area is 187 Å². The number of fused-ring (bicyclic) bond motifs is 1. The number of anilines is 1. The molecule has 0 unspecified atom stereocenters. The molecule has 8 nitrogen and oxygen atoms in total. The minimum Gasteiger partial charge on any atom is -0.387 e. The van der Waals surface area contributed by atoms with Gasteiger partial charge in [-0.15, -0.1) is 0 Å². The van der Waals surface area contributed by atoms with E-state index in [0.29, 0.717) is 21.3 Å². The molecule has 3 aliphatic carbocycles. The minimum absolute atomic E-state index is 0.227. The number of aromatic nitrogens is 3. The van der Waals surface area contributed by atoms with Crippen molar-refractivity contribution in [3.63, 3.8) is 0 Å². The van der Waals surface area contributed by atoms with Gasteiger partial charge in [-0.2, -0.15) is 0 Å². The van der Waals surface area contributed by atoms with Crippen molar-refractivity contribution in [2.45, 2.75) is 62.3 Å². The summed E-state index contributed by atoms with van der Waals surface area (Å²) in [6.45, 7) is 1.77. The highest BCUT2D eigenvalue weighted by atomic mass is 79.9. The number of allylic oxidation sites excluding steroid dienone is 1. The van der Waals surface area contributed by atoms with Gasteiger partial charge < -0.3 is 30.6 Å². The second kappa shape index (κ2) is 7.77. The summed E-state index contributed by atoms with van der Waals surface area (Å²) in [7, 11) is 0. The number of halogens is 2. The fourth-order valence-electron chi connectivity index (χ4n) is 5.31. The molecule has 4 atom stereocenters. The Bertz CT molecular complexity index is 995. The number of nitrogens with zero attached hydrogens (tertiary/aromatic N) is 3. The standard InChI is InChI=1S/C21H27BrFN5O3/c22-12-6-28(18-14(12)17(24)26-11-27-18)19-16(30)15(29)13(31-19)4-2-1-3-5-25-10-20-7-21(23,8-20)9-20/h2,4,6,11,13,15-16,19,25,29-30H,1,3,5,7-10H2,(H2,24,26,27)/b4-2+/t13-,15-,16-,19-,20?,21?/m1/s1. The lowest BCUT2D eigenvalue weighted by molar-refractivity contribution is -0.209. The van der Waals surface area contributed by atoms with Crippen molar-refractivity contribution in [3.8, 4) is 0 Å². The number of rotatable bonds is 8. The Morgan fingerprint density at radius 1 is 1.32 bits per heavy atom. The molecule has 0 amide bonds. The van der Waals surface area contributed by atoms with Crippen LogP contribution < -0.4 is 11.1 Å². The maximum atomic E-state index is 13.5. The first-order chi connectivity index (χ1) is 14.8. The molecule has 168 valence electrons. The van der Waals surface area contributed by atoms with Crippen molar-refractivity contribution in [3.05, 3.63) is 29.1 Å². The van der Waals surface area contributed by atoms with Gasteiger partial charge in [-0.1, -0.05) is 12.2 Å². The average Bonchev–Trinajstić information content (AvgIpc) is 3.17. The van der Waals surface area contributed by atoms with Crippen molar-refractivity contribution < 1.29 is 19.3 Å². The third kappa shape index (κ3) is 3.68. The molecule has 3 saturated carbocycles. The van der Waals surface area contributed by atoms with Crippen LogP contribution in [0.5, 0.6) is 0 Å². The topological polar surface area (TPSA) is 118 Å². The lowest BCUT2D eigenvalue weighted by Crippen LogP contribution is -2.67. The van der Waals surface area contributed by atoms with Crippen LogP contribution in [0.1, 0.15) is 38.3 Å². The number of unbranched alkanes of at least 4 members (excludes halogenated alkanes) is 1. The van der Waals surface area contributed by atoms with Crippen molar-refractivity contribution >= 4 is 32.8 Å². The van der Waals surface area contributed by atoms with Gasteiger partial charge in [-0.25, -0.2) is 14.4 Å². The number of hydrogen-bond donors (Lipinski definition) is 4. The lowest BCUT2D eigenvalue weighted by atomic mass is 9.42. The molecule has 1 saturated heterocycles. The zero-order valence-electron chi connectivity index (χ0n) is 17.0. The van der Waals surface area contributed by atoms with E-state index in [1.807, 2.05) is 6.08 Å². The Morgan fingerprint density at radius 3 is 2.84 bits per heavy atom. The van der Waals surface area contributed by atoms with Crippen LogP contribution in [-0.2, 0) is 4.74 Å². The average molecular weight is 496 g/mol. The van der Waals surface area contributed by atoms with Crippen LogP contribution in [0.3, 0.4) is 0 Å². The summed E-state index contributed by atoms with van der Waals surface area (Å²) in [5, 5.41) is 25.1. The fraction of sp³-hybridized carbons (Fsp3) is 0.619. The molecule has 3 heterocycles. The summed E-state index contributed by atoms with van der Waals surface area (Å²) in [4.78, 5) is 8.25. The van der Waals surface area contributed by atoms with Crippen molar-refractivity contribution in [2.24, 2.45) is 5.41 Å². The fourth-order valence-corrected chi connectivity index (χ4v) is 5.91. The minimum atomic E-state index is -1.11. The van der Waals surface area contributed by atoms with E-state index in [2.05, 4.69) is 31.2 Å². The zero-order valence-corrected chi connectivity index (χ0v) is 18.6. The van der Waals surface area contributed by atoms with Crippen molar-refractivity contribution in [1.29, 1.82) is 0 Å². The van der Waals surface area contributed by atoms with E-state index in [1.165, 1.54) is 6.33 Å². The summed E-state index contributed by atoms with van der Waals surface area (Å²) in [5.74, 6) is 0.326. The molecular weight excluding hydrogens is 469 g/mol. The third-order valence-electron chi connectivity index (χ3n) is 6.77. The van der Waals surface area contributed by atoms with Gasteiger partial charge in [0, 0.05) is 17.2 Å². The normalized spacial score (nSPS) is 36.8. The Balaban J connectivity index is 1.13. The monoisotopic (exact) mass is 495 g/mol. The predicted molar refractivity (Wildman–Crippen MR) is 117 cm³/mol. The van der Waals surface area contributed by atoms with Crippen LogP contribution in [-0.4, -0.2) is 61.8 Å². The lowest BCUT2D eigenvalue weighted by Gasteiger charge is -2.66. The van der Waals surface area contributed by atoms with Gasteiger partial charge in [0.15, 0.2) is 6.23 Å². The highest BCUT2D eigenvalue weighted by Crippen LogP contribution is 2.69. The Morgan fingerprint density at radius 2 is 2.10 bits per heavy atom. The quantitative estimate of drug-likeness (QED) is 0.327. The second-order valence-corrected chi connectivity index (χ2v) is 10.1. The van der Waals surface area contributed by atoms with Crippen LogP contribution >= 0.6 is 15.9 Å². The van der Waals surface area contributed by atoms with E-state index in [0.717, 1.165) is 45.2 Å². The van der Waals surface area contributed by atoms with E-state index < -0.39 is 30.2 Å². The molecule has 5 N–H and O–H groups in total. The highest BCUT2D eigenvalue weighted by molar-refractivity contribution is 9.10. The van der Waals surface area contributed by atoms with Crippen molar-refractivity contribution in [1.82, 2.24) is 19.9 Å². The molecule has 2 aromatic rings. The third-order valence-corrected chi connectivity index (χ3v) is 7.37. The van der Waals surface area contributed by atoms with E-state index in [-0.39, 0.29) is 5.41 Å². The molecule has 31 heavy (non-hydrogen) atoms. The summed E-state index contributed by atoms with van der Waals surface area (Å²) in [5.41, 5.74) is 5.85. The predicted octanol–water partition coefficient (Wildman–Crippen LogP) is 2.21. The van der Waals surface area contributed by atoms with Crippen LogP contribution in [0.15, 0.2) is 29.1 Å². The van der Waals surface area contributed by atoms with E-state index >= 15 is 0 Å². The van der Waals surface area contributed by atoms with Gasteiger partial charge in [-0.3, -0.25) is 0 Å². The number of hydrogen-bond acceptors (Lipinski definition) is 7. The summed E-state index contributed by atoms with van der Waals surface area (Å²) in [6, 6.07) is 0. The smallest absolute Gasteiger partial charge is 0.164 e. The first-order valence-corrected chi connectivity index (χ1v) is 11.4. The van der Waals surface area contributed by atoms with Crippen LogP contribution in [0.25, 0.3) is 11.0 Å². The Hall–Kier alpha value is -1.59. The molecule has 1 aliphatic heterocycles. The van der Waals surface area contributed by atoms with Crippen molar-refractivity contribution in [2.75, 3.05) is 18.8 Å². The zero-order chi connectivity index (χ0) is 21.8. The van der Waals surface area contributed by atoms with Gasteiger partial charge in [0.05, 0.1) is 5.39 Å². The van der Waals surface area contributed by atoms with Gasteiger partial charge in [0.1, 0.15) is 41.8 Å². The second-order valence-electron chi connectivity index (χ2n) is 9.24. The molecule has 2 aromatic heterocycles. The number of nitrogen functional groups attached to an aromatic ring is 1. The Kier molecular flexibility index (Phi) is 5.33. The van der Waals surface area contributed by atoms with E-state index in [9.17, 15) is 14.6 Å². The van der Waals surface area contributed by atoms with Crippen LogP contribution in [0, 0.1) is 5.41 Å². The number of nitrogens with one attached hydrogen (secondary N) is 1. The maximum absolute atomic E-state index is 13.5. The molecule has 6 rings (SSSR count). The number of ether oxygens (including phenoxy) is 1. The van der Waals surface area contributed by atoms with Gasteiger partial charge in [-0.05, 0) is 60.0 Å². The van der Waals surface area contributed by atoms with E-state index in [4.69, 9.17) is 10.5 Å². The van der Waals surface area contributed by atoms with Gasteiger partial charge >= 0.3 is 0 Å². The molecule has 2 bridgehead atoms. The molecule has 4 fully saturated rings. The number of aliphatic hydroxyl groups is 2. The number of aliphatic hydroxyl groups excluding tert-OH is 2. The molecule has 10 heteroatoms. The number of nitrogens with two attached hydrogens (primary N) is 1. The maximum Gasteiger partial charge on any atom is 0.164 e. The largest absolute Gasteiger partial charge is 0.387 e. The van der Waals surface area contributed by atoms with Gasteiger partial charge in [0.25, 0.3) is 0 Å². The summed E-state index contributed by atoms with van der Waals surface area (Å²) < 4.78 is 21.8. The summed E-state index contributed by atoms with van der Waals surface area (Å²) in [6.07, 6.45) is 7.20. The highest BCUT2D eigenvalue weighted by Gasteiger charge is 2.68. The molecule has 0 spiro atoms.